The molecule has 0 aliphatic carbocycles. The van der Waals surface area contributed by atoms with E-state index in [-0.39, 0.29) is 5.69 Å². The summed E-state index contributed by atoms with van der Waals surface area (Å²) in [6.45, 7) is 3.22. The van der Waals surface area contributed by atoms with Gasteiger partial charge in [0.25, 0.3) is 5.56 Å². The minimum Gasteiger partial charge on any atom is -0.479 e. The van der Waals surface area contributed by atoms with Crippen LogP contribution in [0.1, 0.15) is 18.2 Å². The Morgan fingerprint density at radius 3 is 2.51 bits per heavy atom. The van der Waals surface area contributed by atoms with Crippen LogP contribution in [-0.2, 0) is 18.0 Å². The van der Waals surface area contributed by atoms with E-state index in [0.29, 0.717) is 42.3 Å². The Morgan fingerprint density at radius 1 is 1.14 bits per heavy atom. The molecule has 0 amide bonds. The van der Waals surface area contributed by atoms with Gasteiger partial charge in [-0.05, 0) is 61.3 Å². The molecule has 1 N–H and O–H groups in total. The molecule has 4 rings (SSSR count). The number of nitrogens with zero attached hydrogens (tertiary/aromatic N) is 3. The quantitative estimate of drug-likeness (QED) is 0.440. The predicted molar refractivity (Wildman–Crippen MR) is 123 cm³/mol. The van der Waals surface area contributed by atoms with Crippen molar-refractivity contribution in [3.05, 3.63) is 74.6 Å². The Labute approximate surface area is 199 Å². The van der Waals surface area contributed by atoms with Crippen LogP contribution in [0, 0.1) is 6.92 Å². The van der Waals surface area contributed by atoms with Gasteiger partial charge in [0.05, 0.1) is 16.1 Å². The fourth-order valence-corrected chi connectivity index (χ4v) is 4.35. The number of aryl methyl sites for hydroxylation is 1. The molecule has 12 heteroatoms. The smallest absolute Gasteiger partial charge is 0.431 e. The van der Waals surface area contributed by atoms with Crippen molar-refractivity contribution in [1.82, 2.24) is 13.5 Å². The monoisotopic (exact) mass is 505 g/mol. The minimum atomic E-state index is -4.86. The van der Waals surface area contributed by atoms with Gasteiger partial charge in [-0.15, -0.1) is 0 Å². The molecule has 0 aliphatic heterocycles. The highest BCUT2D eigenvalue weighted by Crippen LogP contribution is 2.36. The molecule has 4 aromatic rings. The summed E-state index contributed by atoms with van der Waals surface area (Å²) in [4.78, 5) is 36.3. The number of hydrogen-bond donors (Lipinski definition) is 1. The molecule has 35 heavy (non-hydrogen) atoms. The van der Waals surface area contributed by atoms with Crippen LogP contribution in [0.5, 0.6) is 5.75 Å². The number of fused-ring (bicyclic) bond motifs is 1. The fraction of sp³-hybridized carbons (Fsp3) is 0.217. The second-order valence-electron chi connectivity index (χ2n) is 7.83. The average molecular weight is 505 g/mol. The Hall–Kier alpha value is -3.93. The zero-order chi connectivity index (χ0) is 25.7. The highest BCUT2D eigenvalue weighted by molar-refractivity contribution is 7.13. The highest BCUT2D eigenvalue weighted by Gasteiger charge is 2.35. The standard InChI is InChI=1S/C23H18F3N3O5S/c1-11-4-6-14(34-12(2)21(31)32)9-15(11)20-16-8-13(5-7-17(16)35-27-20)29-19(30)10-18(23(24,25)26)28(3)22(29)33/h4-10,12H,1-3H3,(H,31,32). The largest absolute Gasteiger partial charge is 0.479 e. The molecular formula is C23H18F3N3O5S. The number of carboxylic acids is 1. The van der Waals surface area contributed by atoms with Crippen molar-refractivity contribution >= 4 is 27.6 Å². The number of aromatic nitrogens is 3. The summed E-state index contributed by atoms with van der Waals surface area (Å²) in [6.07, 6.45) is -5.93. The first-order valence-corrected chi connectivity index (χ1v) is 11.0. The van der Waals surface area contributed by atoms with Gasteiger partial charge in [-0.2, -0.15) is 17.5 Å². The van der Waals surface area contributed by atoms with E-state index in [1.165, 1.54) is 19.1 Å². The lowest BCUT2D eigenvalue weighted by molar-refractivity contribution is -0.144. The third-order valence-electron chi connectivity index (χ3n) is 5.45. The van der Waals surface area contributed by atoms with Crippen molar-refractivity contribution in [1.29, 1.82) is 0 Å². The van der Waals surface area contributed by atoms with Crippen molar-refractivity contribution in [3.63, 3.8) is 0 Å². The molecule has 182 valence electrons. The first kappa shape index (κ1) is 24.2. The lowest BCUT2D eigenvalue weighted by Crippen LogP contribution is -2.40. The third-order valence-corrected chi connectivity index (χ3v) is 6.27. The number of halogens is 3. The van der Waals surface area contributed by atoms with E-state index in [2.05, 4.69) is 4.37 Å². The summed E-state index contributed by atoms with van der Waals surface area (Å²) in [5.41, 5.74) is -1.57. The van der Waals surface area contributed by atoms with E-state index < -0.39 is 35.2 Å². The molecule has 0 aliphatic rings. The van der Waals surface area contributed by atoms with E-state index in [4.69, 9.17) is 9.84 Å². The zero-order valence-corrected chi connectivity index (χ0v) is 19.4. The van der Waals surface area contributed by atoms with Gasteiger partial charge in [0.1, 0.15) is 11.4 Å². The van der Waals surface area contributed by atoms with E-state index >= 15 is 0 Å². The maximum absolute atomic E-state index is 13.2. The molecule has 0 saturated carbocycles. The van der Waals surface area contributed by atoms with Gasteiger partial charge in [-0.25, -0.2) is 14.2 Å². The SMILES string of the molecule is Cc1ccc(OC(C)C(=O)O)cc1-c1nsc2ccc(-n3c(=O)cc(C(F)(F)F)n(C)c3=O)cc12. The van der Waals surface area contributed by atoms with Gasteiger partial charge >= 0.3 is 17.8 Å². The maximum Gasteiger partial charge on any atom is 0.431 e. The highest BCUT2D eigenvalue weighted by atomic mass is 32.1. The van der Waals surface area contributed by atoms with Gasteiger partial charge < -0.3 is 9.84 Å². The van der Waals surface area contributed by atoms with E-state index in [1.54, 1.807) is 24.3 Å². The van der Waals surface area contributed by atoms with Crippen LogP contribution in [0.3, 0.4) is 0 Å². The van der Waals surface area contributed by atoms with Crippen LogP contribution in [0.4, 0.5) is 13.2 Å². The van der Waals surface area contributed by atoms with Gasteiger partial charge in [0.15, 0.2) is 6.10 Å². The van der Waals surface area contributed by atoms with Gasteiger partial charge in [0, 0.05) is 24.1 Å². The summed E-state index contributed by atoms with van der Waals surface area (Å²) >= 11 is 1.16. The number of rotatable bonds is 5. The summed E-state index contributed by atoms with van der Waals surface area (Å²) in [7, 11) is 0.949. The van der Waals surface area contributed by atoms with Crippen LogP contribution in [0.15, 0.2) is 52.1 Å². The van der Waals surface area contributed by atoms with Crippen molar-refractivity contribution in [2.24, 2.45) is 7.05 Å². The topological polar surface area (TPSA) is 103 Å². The average Bonchev–Trinajstić information content (AvgIpc) is 3.20. The van der Waals surface area contributed by atoms with Gasteiger partial charge in [-0.3, -0.25) is 9.36 Å². The third kappa shape index (κ3) is 4.44. The van der Waals surface area contributed by atoms with Crippen LogP contribution >= 0.6 is 11.5 Å². The number of ether oxygens (including phenoxy) is 1. The van der Waals surface area contributed by atoms with E-state index in [9.17, 15) is 27.6 Å². The molecule has 2 heterocycles. The van der Waals surface area contributed by atoms with Crippen molar-refractivity contribution < 1.29 is 27.8 Å². The molecule has 1 atom stereocenters. The van der Waals surface area contributed by atoms with E-state index in [1.807, 2.05) is 6.92 Å². The van der Waals surface area contributed by atoms with Crippen LogP contribution in [0.2, 0.25) is 0 Å². The lowest BCUT2D eigenvalue weighted by atomic mass is 10.0. The van der Waals surface area contributed by atoms with Crippen molar-refractivity contribution in [2.45, 2.75) is 26.1 Å². The number of benzene rings is 2. The van der Waals surface area contributed by atoms with Gasteiger partial charge in [-0.1, -0.05) is 6.07 Å². The van der Waals surface area contributed by atoms with Crippen LogP contribution in [-0.4, -0.2) is 30.7 Å². The molecule has 2 aromatic heterocycles. The van der Waals surface area contributed by atoms with E-state index in [0.717, 1.165) is 24.1 Å². The van der Waals surface area contributed by atoms with Crippen molar-refractivity contribution in [3.8, 4) is 22.7 Å². The zero-order valence-electron chi connectivity index (χ0n) is 18.6. The van der Waals surface area contributed by atoms with Crippen LogP contribution < -0.4 is 16.0 Å². The summed E-state index contributed by atoms with van der Waals surface area (Å²) < 4.78 is 51.2. The Kier molecular flexibility index (Phi) is 6.01. The fourth-order valence-electron chi connectivity index (χ4n) is 3.58. The lowest BCUT2D eigenvalue weighted by Gasteiger charge is -2.14. The number of carboxylic acid groups (broad SMARTS) is 1. The number of alkyl halides is 3. The molecule has 1 unspecified atom stereocenters. The summed E-state index contributed by atoms with van der Waals surface area (Å²) in [5, 5.41) is 9.67. The summed E-state index contributed by atoms with van der Waals surface area (Å²) in [5.74, 6) is -0.815. The first-order valence-electron chi connectivity index (χ1n) is 10.2. The molecule has 8 nitrogen and oxygen atoms in total. The number of hydrogen-bond acceptors (Lipinski definition) is 6. The predicted octanol–water partition coefficient (Wildman–Crippen LogP) is 3.99. The Balaban J connectivity index is 1.87. The molecule has 0 saturated heterocycles. The molecule has 0 radical (unpaired) electrons. The second-order valence-corrected chi connectivity index (χ2v) is 8.63. The summed E-state index contributed by atoms with van der Waals surface area (Å²) in [6, 6.07) is 9.98. The molecule has 0 spiro atoms. The number of carbonyl (C=O) groups is 1. The first-order chi connectivity index (χ1) is 16.4. The molecule has 2 aromatic carbocycles. The van der Waals surface area contributed by atoms with Gasteiger partial charge in [0.2, 0.25) is 0 Å². The van der Waals surface area contributed by atoms with Crippen LogP contribution in [0.25, 0.3) is 27.0 Å². The Bertz CT molecular complexity index is 1590. The molecule has 0 bridgehead atoms. The minimum absolute atomic E-state index is 0.0860. The maximum atomic E-state index is 13.2. The molecular weight excluding hydrogens is 487 g/mol. The Morgan fingerprint density at radius 2 is 1.86 bits per heavy atom. The normalized spacial score (nSPS) is 12.6. The number of aliphatic carboxylic acids is 1. The molecule has 0 fully saturated rings. The second kappa shape index (κ2) is 8.69. The van der Waals surface area contributed by atoms with Crippen molar-refractivity contribution in [2.75, 3.05) is 0 Å².